The number of benzene rings is 1. The van der Waals surface area contributed by atoms with E-state index in [0.717, 1.165) is 42.2 Å². The van der Waals surface area contributed by atoms with Crippen LogP contribution in [0.15, 0.2) is 18.2 Å². The third-order valence-corrected chi connectivity index (χ3v) is 6.38. The molecule has 0 atom stereocenters. The van der Waals surface area contributed by atoms with Crippen molar-refractivity contribution < 1.29 is 22.4 Å². The van der Waals surface area contributed by atoms with Crippen molar-refractivity contribution in [1.29, 1.82) is 0 Å². The minimum absolute atomic E-state index is 0.355. The summed E-state index contributed by atoms with van der Waals surface area (Å²) in [4.78, 5) is 8.11. The van der Waals surface area contributed by atoms with Crippen molar-refractivity contribution in [2.75, 3.05) is 0 Å². The Labute approximate surface area is 159 Å². The van der Waals surface area contributed by atoms with E-state index in [1.165, 1.54) is 63.5 Å². The average molecular weight is 386 g/mol. The van der Waals surface area contributed by atoms with Gasteiger partial charge in [-0.2, -0.15) is 0 Å². The maximum atomic E-state index is 13.4. The molecule has 0 saturated heterocycles. The summed E-state index contributed by atoms with van der Waals surface area (Å²) in [6.45, 7) is 2.29. The van der Waals surface area contributed by atoms with Gasteiger partial charge in [0.1, 0.15) is 11.6 Å². The highest BCUT2D eigenvalue weighted by molar-refractivity contribution is 5.55. The van der Waals surface area contributed by atoms with Crippen molar-refractivity contribution in [3.63, 3.8) is 0 Å². The van der Waals surface area contributed by atoms with Crippen LogP contribution in [0.1, 0.15) is 82.6 Å². The van der Waals surface area contributed by atoms with Gasteiger partial charge in [-0.05, 0) is 79.9 Å². The molecule has 0 bridgehead atoms. The molecule has 2 fully saturated rings. The molecule has 1 aromatic rings. The summed E-state index contributed by atoms with van der Waals surface area (Å²) in [5.41, 5.74) is 0.868. The molecule has 2 saturated carbocycles. The van der Waals surface area contributed by atoms with Crippen molar-refractivity contribution in [2.24, 2.45) is 17.8 Å². The number of hydrogen-bond donors (Lipinski definition) is 0. The zero-order chi connectivity index (χ0) is 19.8. The van der Waals surface area contributed by atoms with Crippen molar-refractivity contribution in [2.45, 2.75) is 77.0 Å². The maximum Gasteiger partial charge on any atom is 0.483 e. The van der Waals surface area contributed by atoms with Crippen LogP contribution in [0.2, 0.25) is 0 Å². The van der Waals surface area contributed by atoms with Gasteiger partial charge < -0.3 is 0 Å². The van der Waals surface area contributed by atoms with Crippen LogP contribution in [0.3, 0.4) is 0 Å². The second kappa shape index (κ2) is 10.8. The first kappa shape index (κ1) is 21.9. The fourth-order valence-electron chi connectivity index (χ4n) is 5.09. The highest BCUT2D eigenvalue weighted by Crippen LogP contribution is 2.44. The van der Waals surface area contributed by atoms with Gasteiger partial charge in [-0.1, -0.05) is 32.6 Å². The predicted molar refractivity (Wildman–Crippen MR) is 99.0 cm³/mol. The molecule has 0 N–H and O–H groups in total. The first-order chi connectivity index (χ1) is 12.9. The van der Waals surface area contributed by atoms with Gasteiger partial charge in [-0.25, -0.2) is 13.6 Å². The van der Waals surface area contributed by atoms with E-state index >= 15 is 0 Å². The Morgan fingerprint density at radius 2 is 1.30 bits per heavy atom. The van der Waals surface area contributed by atoms with Crippen molar-refractivity contribution >= 4 is 6.29 Å². The summed E-state index contributed by atoms with van der Waals surface area (Å²) in [7, 11) is 0. The monoisotopic (exact) mass is 386 g/mol. The maximum absolute atomic E-state index is 13.4. The van der Waals surface area contributed by atoms with E-state index in [1.807, 2.05) is 0 Å². The summed E-state index contributed by atoms with van der Waals surface area (Å²) in [5.74, 6) is 2.23. The molecule has 0 aromatic heterocycles. The predicted octanol–water partition coefficient (Wildman–Crippen LogP) is 7.89. The molecule has 2 aliphatic rings. The van der Waals surface area contributed by atoms with Crippen LogP contribution in [0.4, 0.5) is 22.4 Å². The Morgan fingerprint density at radius 1 is 0.852 bits per heavy atom. The zero-order valence-corrected chi connectivity index (χ0v) is 16.0. The topological polar surface area (TPSA) is 17.1 Å². The van der Waals surface area contributed by atoms with Crippen LogP contribution < -0.4 is 0 Å². The smallest absolute Gasteiger partial charge is 0.219 e. The van der Waals surface area contributed by atoms with Gasteiger partial charge in [-0.15, -0.1) is 8.78 Å². The lowest BCUT2D eigenvalue weighted by Gasteiger charge is -2.38. The van der Waals surface area contributed by atoms with Crippen molar-refractivity contribution in [3.05, 3.63) is 35.4 Å². The first-order valence-electron chi connectivity index (χ1n) is 10.2. The van der Waals surface area contributed by atoms with Crippen LogP contribution in [-0.4, -0.2) is 6.29 Å². The van der Waals surface area contributed by atoms with Crippen molar-refractivity contribution in [3.8, 4) is 0 Å². The summed E-state index contributed by atoms with van der Waals surface area (Å²) in [6, 6.07) is 4.04. The Kier molecular flexibility index (Phi) is 8.78. The minimum Gasteiger partial charge on any atom is -0.219 e. The van der Waals surface area contributed by atoms with Crippen molar-refractivity contribution in [1.82, 2.24) is 0 Å². The molecule has 1 nitrogen and oxygen atoms in total. The Morgan fingerprint density at radius 3 is 1.74 bits per heavy atom. The molecular formula is C22H30F4O. The molecule has 0 aliphatic heterocycles. The zero-order valence-electron chi connectivity index (χ0n) is 16.0. The van der Waals surface area contributed by atoms with Gasteiger partial charge >= 0.3 is 6.29 Å². The highest BCUT2D eigenvalue weighted by atomic mass is 19.3. The van der Waals surface area contributed by atoms with Gasteiger partial charge in [0.15, 0.2) is 0 Å². The standard InChI is InChI=1S/C21H30F2.CF2O/c1-2-3-15-4-6-16(7-5-15)17-8-10-18(11-9-17)19-12-20(22)14-21(23)13-19;2-1(3)4/h12-18H,2-11H2,1H3;. The van der Waals surface area contributed by atoms with E-state index in [0.29, 0.717) is 5.92 Å². The van der Waals surface area contributed by atoms with E-state index < -0.39 is 17.9 Å². The fourth-order valence-corrected chi connectivity index (χ4v) is 5.09. The molecule has 0 radical (unpaired) electrons. The third kappa shape index (κ3) is 7.27. The lowest BCUT2D eigenvalue weighted by Crippen LogP contribution is -2.25. The molecule has 27 heavy (non-hydrogen) atoms. The lowest BCUT2D eigenvalue weighted by atomic mass is 9.68. The number of carbonyl (C=O) groups excluding carboxylic acids is 1. The molecule has 0 spiro atoms. The second-order valence-electron chi connectivity index (χ2n) is 8.11. The summed E-state index contributed by atoms with van der Waals surface area (Å²) in [5, 5.41) is 0. The normalized spacial score (nSPS) is 28.2. The lowest BCUT2D eigenvalue weighted by molar-refractivity contribution is 0.156. The van der Waals surface area contributed by atoms with Gasteiger partial charge in [0.25, 0.3) is 0 Å². The second-order valence-corrected chi connectivity index (χ2v) is 8.11. The molecule has 0 heterocycles. The molecule has 0 unspecified atom stereocenters. The van der Waals surface area contributed by atoms with Gasteiger partial charge in [0.05, 0.1) is 0 Å². The van der Waals surface area contributed by atoms with E-state index in [1.54, 1.807) is 0 Å². The minimum atomic E-state index is -2.83. The van der Waals surface area contributed by atoms with E-state index in [2.05, 4.69) is 6.92 Å². The summed E-state index contributed by atoms with van der Waals surface area (Å²) >= 11 is 0. The van der Waals surface area contributed by atoms with Crippen LogP contribution in [-0.2, 0) is 0 Å². The molecular weight excluding hydrogens is 356 g/mol. The number of halogens is 4. The number of rotatable bonds is 4. The molecule has 5 heteroatoms. The number of hydrogen-bond acceptors (Lipinski definition) is 1. The van der Waals surface area contributed by atoms with E-state index in [-0.39, 0.29) is 0 Å². The third-order valence-electron chi connectivity index (χ3n) is 6.38. The van der Waals surface area contributed by atoms with Gasteiger partial charge in [-0.3, -0.25) is 0 Å². The first-order valence-corrected chi connectivity index (χ1v) is 10.2. The average Bonchev–Trinajstić information content (AvgIpc) is 2.62. The van der Waals surface area contributed by atoms with Gasteiger partial charge in [0.2, 0.25) is 0 Å². The van der Waals surface area contributed by atoms with E-state index in [4.69, 9.17) is 4.79 Å². The van der Waals surface area contributed by atoms with Gasteiger partial charge in [0, 0.05) is 6.07 Å². The molecule has 0 amide bonds. The van der Waals surface area contributed by atoms with Crippen LogP contribution in [0, 0.1) is 29.4 Å². The molecule has 152 valence electrons. The Bertz CT molecular complexity index is 564. The highest BCUT2D eigenvalue weighted by Gasteiger charge is 2.31. The Balaban J connectivity index is 0.000000596. The van der Waals surface area contributed by atoms with Crippen LogP contribution in [0.25, 0.3) is 0 Å². The van der Waals surface area contributed by atoms with Crippen LogP contribution >= 0.6 is 0 Å². The summed E-state index contributed by atoms with van der Waals surface area (Å²) in [6.07, 6.45) is 10.3. The SMILES string of the molecule is CCCC1CCC(C2CCC(c3cc(F)cc(F)c3)CC2)CC1.O=C(F)F. The molecule has 1 aromatic carbocycles. The Hall–Kier alpha value is -1.39. The quantitative estimate of drug-likeness (QED) is 0.380. The van der Waals surface area contributed by atoms with E-state index in [9.17, 15) is 17.6 Å². The van der Waals surface area contributed by atoms with Crippen LogP contribution in [0.5, 0.6) is 0 Å². The summed E-state index contributed by atoms with van der Waals surface area (Å²) < 4.78 is 46.2. The number of carbonyl (C=O) groups is 1. The molecule has 3 rings (SSSR count). The molecule has 2 aliphatic carbocycles. The fraction of sp³-hybridized carbons (Fsp3) is 0.682. The largest absolute Gasteiger partial charge is 0.483 e.